The molecule has 164 valence electrons. The molecule has 0 atom stereocenters. The SMILES string of the molecule is C=CCCc1ccc(CCc2ccc(C#Cc3ccc4c(F)c(F)ccc4c3)cc2)c(F)c1. The van der Waals surface area contributed by atoms with Crippen LogP contribution in [0.15, 0.2) is 85.5 Å². The average molecular weight is 441 g/mol. The highest BCUT2D eigenvalue weighted by atomic mass is 19.2. The van der Waals surface area contributed by atoms with Gasteiger partial charge in [0.05, 0.1) is 0 Å². The summed E-state index contributed by atoms with van der Waals surface area (Å²) in [6, 6.07) is 21.0. The highest BCUT2D eigenvalue weighted by Gasteiger charge is 2.07. The van der Waals surface area contributed by atoms with Gasteiger partial charge in [-0.2, -0.15) is 0 Å². The van der Waals surface area contributed by atoms with Gasteiger partial charge in [-0.15, -0.1) is 6.58 Å². The second-order valence-electron chi connectivity index (χ2n) is 8.00. The Kier molecular flexibility index (Phi) is 6.95. The van der Waals surface area contributed by atoms with Gasteiger partial charge in [0, 0.05) is 16.5 Å². The van der Waals surface area contributed by atoms with Gasteiger partial charge in [-0.25, -0.2) is 13.2 Å². The van der Waals surface area contributed by atoms with Crippen LogP contribution in [-0.2, 0) is 19.3 Å². The maximum Gasteiger partial charge on any atom is 0.166 e. The predicted octanol–water partition coefficient (Wildman–Crippen LogP) is 7.56. The first-order valence-electron chi connectivity index (χ1n) is 10.9. The summed E-state index contributed by atoms with van der Waals surface area (Å²) >= 11 is 0. The van der Waals surface area contributed by atoms with Crippen molar-refractivity contribution in [3.05, 3.63) is 131 Å². The molecule has 3 heteroatoms. The van der Waals surface area contributed by atoms with Crippen molar-refractivity contribution in [1.29, 1.82) is 0 Å². The molecule has 0 saturated heterocycles. The van der Waals surface area contributed by atoms with Crippen molar-refractivity contribution in [2.75, 3.05) is 0 Å². The smallest absolute Gasteiger partial charge is 0.166 e. The molecule has 0 unspecified atom stereocenters. The standard InChI is InChI=1S/C30H23F3/c1-2-3-4-23-12-15-25(29(32)20-23)14-11-22-7-5-21(6-8-22)9-10-24-13-17-27-26(19-24)16-18-28(31)30(27)33/h2,5-8,12-13,15-20H,1,3-4,11,14H2. The number of fused-ring (bicyclic) bond motifs is 1. The second-order valence-corrected chi connectivity index (χ2v) is 8.00. The van der Waals surface area contributed by atoms with E-state index in [1.54, 1.807) is 30.3 Å². The molecular weight excluding hydrogens is 417 g/mol. The van der Waals surface area contributed by atoms with Crippen LogP contribution in [0.5, 0.6) is 0 Å². The number of halogens is 3. The van der Waals surface area contributed by atoms with Gasteiger partial charge in [0.25, 0.3) is 0 Å². The monoisotopic (exact) mass is 440 g/mol. The minimum atomic E-state index is -0.857. The van der Waals surface area contributed by atoms with E-state index in [-0.39, 0.29) is 11.2 Å². The Bertz CT molecular complexity index is 1360. The van der Waals surface area contributed by atoms with Gasteiger partial charge >= 0.3 is 0 Å². The van der Waals surface area contributed by atoms with E-state index in [2.05, 4.69) is 18.4 Å². The van der Waals surface area contributed by atoms with Crippen molar-refractivity contribution in [2.24, 2.45) is 0 Å². The van der Waals surface area contributed by atoms with Gasteiger partial charge in [0.15, 0.2) is 11.6 Å². The molecule has 0 heterocycles. The van der Waals surface area contributed by atoms with Crippen LogP contribution in [0.1, 0.15) is 34.2 Å². The third kappa shape index (κ3) is 5.54. The zero-order valence-electron chi connectivity index (χ0n) is 18.2. The molecular formula is C30H23F3. The van der Waals surface area contributed by atoms with E-state index in [4.69, 9.17) is 0 Å². The van der Waals surface area contributed by atoms with Crippen LogP contribution in [0, 0.1) is 29.3 Å². The third-order valence-corrected chi connectivity index (χ3v) is 5.65. The zero-order valence-corrected chi connectivity index (χ0v) is 18.2. The second kappa shape index (κ2) is 10.2. The largest absolute Gasteiger partial charge is 0.207 e. The van der Waals surface area contributed by atoms with E-state index >= 15 is 0 Å². The fourth-order valence-electron chi connectivity index (χ4n) is 3.74. The average Bonchev–Trinajstić information content (AvgIpc) is 2.84. The summed E-state index contributed by atoms with van der Waals surface area (Å²) in [5.41, 5.74) is 4.39. The molecule has 0 aromatic heterocycles. The molecule has 4 aromatic carbocycles. The van der Waals surface area contributed by atoms with Crippen LogP contribution in [-0.4, -0.2) is 0 Å². The predicted molar refractivity (Wildman–Crippen MR) is 129 cm³/mol. The Morgan fingerprint density at radius 1 is 0.667 bits per heavy atom. The topological polar surface area (TPSA) is 0 Å². The molecule has 0 radical (unpaired) electrons. The van der Waals surface area contributed by atoms with Gasteiger partial charge in [0.1, 0.15) is 5.82 Å². The van der Waals surface area contributed by atoms with E-state index in [0.717, 1.165) is 47.6 Å². The summed E-state index contributed by atoms with van der Waals surface area (Å²) in [6.45, 7) is 3.70. The Hall–Kier alpha value is -3.77. The number of allylic oxidation sites excluding steroid dienone is 1. The molecule has 0 aliphatic rings. The summed E-state index contributed by atoms with van der Waals surface area (Å²) in [5, 5.41) is 0.852. The Balaban J connectivity index is 1.40. The fourth-order valence-corrected chi connectivity index (χ4v) is 3.74. The summed E-state index contributed by atoms with van der Waals surface area (Å²) in [6.07, 6.45) is 4.85. The Labute approximate surface area is 192 Å². The third-order valence-electron chi connectivity index (χ3n) is 5.65. The quantitative estimate of drug-likeness (QED) is 0.214. The van der Waals surface area contributed by atoms with Crippen molar-refractivity contribution >= 4 is 10.8 Å². The van der Waals surface area contributed by atoms with E-state index < -0.39 is 11.6 Å². The van der Waals surface area contributed by atoms with E-state index in [1.165, 1.54) is 0 Å². The Morgan fingerprint density at radius 2 is 1.39 bits per heavy atom. The van der Waals surface area contributed by atoms with Gasteiger partial charge in [-0.1, -0.05) is 54.3 Å². The molecule has 0 bridgehead atoms. The number of rotatable bonds is 6. The lowest BCUT2D eigenvalue weighted by Crippen LogP contribution is -1.97. The minimum absolute atomic E-state index is 0.156. The summed E-state index contributed by atoms with van der Waals surface area (Å²) < 4.78 is 41.6. The van der Waals surface area contributed by atoms with Gasteiger partial charge < -0.3 is 0 Å². The highest BCUT2D eigenvalue weighted by molar-refractivity contribution is 5.84. The van der Waals surface area contributed by atoms with Crippen molar-refractivity contribution in [3.8, 4) is 11.8 Å². The van der Waals surface area contributed by atoms with Crippen LogP contribution in [0.2, 0.25) is 0 Å². The van der Waals surface area contributed by atoms with Crippen LogP contribution in [0.4, 0.5) is 13.2 Å². The molecule has 0 nitrogen and oxygen atoms in total. The van der Waals surface area contributed by atoms with E-state index in [9.17, 15) is 13.2 Å². The summed E-state index contributed by atoms with van der Waals surface area (Å²) in [5.74, 6) is 4.32. The molecule has 4 rings (SSSR count). The van der Waals surface area contributed by atoms with E-state index in [0.29, 0.717) is 17.4 Å². The fraction of sp³-hybridized carbons (Fsp3) is 0.133. The van der Waals surface area contributed by atoms with Gasteiger partial charge in [0.2, 0.25) is 0 Å². The first kappa shape index (κ1) is 22.4. The van der Waals surface area contributed by atoms with Crippen LogP contribution in [0.3, 0.4) is 0 Å². The molecule has 0 amide bonds. The lowest BCUT2D eigenvalue weighted by molar-refractivity contribution is 0.517. The van der Waals surface area contributed by atoms with Crippen molar-refractivity contribution < 1.29 is 13.2 Å². The van der Waals surface area contributed by atoms with Gasteiger partial charge in [-0.3, -0.25) is 0 Å². The number of hydrogen-bond donors (Lipinski definition) is 0. The Morgan fingerprint density at radius 3 is 2.15 bits per heavy atom. The first-order valence-corrected chi connectivity index (χ1v) is 10.9. The number of hydrogen-bond acceptors (Lipinski definition) is 0. The molecule has 0 fully saturated rings. The summed E-state index contributed by atoms with van der Waals surface area (Å²) in [4.78, 5) is 0. The normalized spacial score (nSPS) is 10.6. The summed E-state index contributed by atoms with van der Waals surface area (Å²) in [7, 11) is 0. The molecule has 0 saturated carbocycles. The van der Waals surface area contributed by atoms with Crippen LogP contribution in [0.25, 0.3) is 10.8 Å². The lowest BCUT2D eigenvalue weighted by Gasteiger charge is -2.06. The maximum absolute atomic E-state index is 14.4. The zero-order chi connectivity index (χ0) is 23.2. The van der Waals surface area contributed by atoms with Crippen LogP contribution >= 0.6 is 0 Å². The molecule has 33 heavy (non-hydrogen) atoms. The molecule has 0 spiro atoms. The van der Waals surface area contributed by atoms with Crippen molar-refractivity contribution in [1.82, 2.24) is 0 Å². The molecule has 4 aromatic rings. The lowest BCUT2D eigenvalue weighted by atomic mass is 10.0. The van der Waals surface area contributed by atoms with Crippen molar-refractivity contribution in [3.63, 3.8) is 0 Å². The molecule has 0 aliphatic heterocycles. The highest BCUT2D eigenvalue weighted by Crippen LogP contribution is 2.21. The van der Waals surface area contributed by atoms with Crippen molar-refractivity contribution in [2.45, 2.75) is 25.7 Å². The molecule has 0 aliphatic carbocycles. The van der Waals surface area contributed by atoms with Crippen LogP contribution < -0.4 is 0 Å². The number of aryl methyl sites for hydroxylation is 3. The van der Waals surface area contributed by atoms with E-state index in [1.807, 2.05) is 42.5 Å². The van der Waals surface area contributed by atoms with Gasteiger partial charge in [-0.05, 0) is 84.2 Å². The number of benzene rings is 4. The minimum Gasteiger partial charge on any atom is -0.207 e. The first-order chi connectivity index (χ1) is 16.0. The maximum atomic E-state index is 14.4. The molecule has 0 N–H and O–H groups in total.